The van der Waals surface area contributed by atoms with E-state index in [9.17, 15) is 13.2 Å². The van der Waals surface area contributed by atoms with Crippen LogP contribution in [0.2, 0.25) is 0 Å². The predicted molar refractivity (Wildman–Crippen MR) is 84.3 cm³/mol. The molecular weight excluding hydrogens is 302 g/mol. The molecule has 126 valence electrons. The van der Waals surface area contributed by atoms with Crippen LogP contribution in [0.15, 0.2) is 0 Å². The largest absolute Gasteiger partial charge is 0.381 e. The standard InChI is InChI=1S/C16H27NO4S/c18-16(13-5-4-9-21-11-13)17(14-6-2-1-3-7-14)15-8-10-22(19,20)12-15/h13-15H,1-12H2. The Bertz CT molecular complexity index is 492. The number of hydrogen-bond acceptors (Lipinski definition) is 4. The fourth-order valence-electron chi connectivity index (χ4n) is 4.16. The third kappa shape index (κ3) is 3.65. The number of hydrogen-bond donors (Lipinski definition) is 0. The molecule has 0 N–H and O–H groups in total. The lowest BCUT2D eigenvalue weighted by Gasteiger charge is -2.40. The minimum absolute atomic E-state index is 0.0704. The number of carbonyl (C=O) groups excluding carboxylic acids is 1. The van der Waals surface area contributed by atoms with Crippen molar-refractivity contribution < 1.29 is 17.9 Å². The minimum Gasteiger partial charge on any atom is -0.381 e. The van der Waals surface area contributed by atoms with Crippen LogP contribution < -0.4 is 0 Å². The van der Waals surface area contributed by atoms with Crippen LogP contribution in [0.25, 0.3) is 0 Å². The number of ether oxygens (including phenoxy) is 1. The summed E-state index contributed by atoms with van der Waals surface area (Å²) in [4.78, 5) is 15.0. The van der Waals surface area contributed by atoms with Gasteiger partial charge in [0.05, 0.1) is 24.0 Å². The summed E-state index contributed by atoms with van der Waals surface area (Å²) in [6, 6.07) is 0.129. The van der Waals surface area contributed by atoms with Crippen LogP contribution in [0, 0.1) is 5.92 Å². The first-order chi connectivity index (χ1) is 10.6. The van der Waals surface area contributed by atoms with E-state index in [1.165, 1.54) is 6.42 Å². The maximum absolute atomic E-state index is 13.0. The zero-order chi connectivity index (χ0) is 15.6. The van der Waals surface area contributed by atoms with Crippen LogP contribution in [-0.4, -0.2) is 56.0 Å². The van der Waals surface area contributed by atoms with Crippen molar-refractivity contribution in [3.05, 3.63) is 0 Å². The molecular formula is C16H27NO4S. The summed E-state index contributed by atoms with van der Waals surface area (Å²) in [6.07, 6.45) is 7.99. The molecule has 0 spiro atoms. The second-order valence-corrected chi connectivity index (χ2v) is 9.24. The van der Waals surface area contributed by atoms with Crippen molar-refractivity contribution >= 4 is 15.7 Å². The molecule has 22 heavy (non-hydrogen) atoms. The maximum Gasteiger partial charge on any atom is 0.228 e. The summed E-state index contributed by atoms with van der Waals surface area (Å²) >= 11 is 0. The molecule has 3 rings (SSSR count). The summed E-state index contributed by atoms with van der Waals surface area (Å²) < 4.78 is 29.2. The molecule has 1 aliphatic carbocycles. The maximum atomic E-state index is 13.0. The molecule has 1 saturated carbocycles. The van der Waals surface area contributed by atoms with Gasteiger partial charge in [0, 0.05) is 18.7 Å². The molecule has 5 nitrogen and oxygen atoms in total. The topological polar surface area (TPSA) is 63.7 Å². The van der Waals surface area contributed by atoms with Crippen molar-refractivity contribution in [2.75, 3.05) is 24.7 Å². The second kappa shape index (κ2) is 6.87. The van der Waals surface area contributed by atoms with E-state index in [1.807, 2.05) is 4.90 Å². The molecule has 0 bridgehead atoms. The van der Waals surface area contributed by atoms with E-state index in [4.69, 9.17) is 4.74 Å². The van der Waals surface area contributed by atoms with Crippen LogP contribution in [0.1, 0.15) is 51.4 Å². The van der Waals surface area contributed by atoms with Gasteiger partial charge < -0.3 is 9.64 Å². The number of sulfone groups is 1. The van der Waals surface area contributed by atoms with E-state index < -0.39 is 9.84 Å². The van der Waals surface area contributed by atoms with Gasteiger partial charge in [-0.3, -0.25) is 4.79 Å². The van der Waals surface area contributed by atoms with Gasteiger partial charge in [-0.1, -0.05) is 19.3 Å². The monoisotopic (exact) mass is 329 g/mol. The minimum atomic E-state index is -2.97. The highest BCUT2D eigenvalue weighted by atomic mass is 32.2. The zero-order valence-corrected chi connectivity index (χ0v) is 14.0. The molecule has 0 aromatic rings. The summed E-state index contributed by atoms with van der Waals surface area (Å²) in [5.74, 6) is 0.464. The fourth-order valence-corrected chi connectivity index (χ4v) is 5.87. The van der Waals surface area contributed by atoms with Gasteiger partial charge in [-0.25, -0.2) is 8.42 Å². The average Bonchev–Trinajstić information content (AvgIpc) is 2.89. The third-order valence-corrected chi connectivity index (χ3v) is 7.08. The van der Waals surface area contributed by atoms with Crippen molar-refractivity contribution in [1.29, 1.82) is 0 Å². The van der Waals surface area contributed by atoms with Crippen LogP contribution in [-0.2, 0) is 19.4 Å². The van der Waals surface area contributed by atoms with Gasteiger partial charge in [0.15, 0.2) is 9.84 Å². The summed E-state index contributed by atoms with van der Waals surface area (Å²) in [5, 5.41) is 0. The van der Waals surface area contributed by atoms with Gasteiger partial charge in [0.1, 0.15) is 0 Å². The highest BCUT2D eigenvalue weighted by Crippen LogP contribution is 2.31. The van der Waals surface area contributed by atoms with E-state index in [2.05, 4.69) is 0 Å². The second-order valence-electron chi connectivity index (χ2n) is 7.01. The van der Waals surface area contributed by atoms with Crippen LogP contribution >= 0.6 is 0 Å². The molecule has 2 heterocycles. The molecule has 0 aromatic heterocycles. The number of rotatable bonds is 3. The van der Waals surface area contributed by atoms with E-state index in [1.54, 1.807) is 0 Å². The third-order valence-electron chi connectivity index (χ3n) is 5.33. The van der Waals surface area contributed by atoms with Crippen LogP contribution in [0.4, 0.5) is 0 Å². The quantitative estimate of drug-likeness (QED) is 0.791. The van der Waals surface area contributed by atoms with Gasteiger partial charge in [0.25, 0.3) is 0 Å². The first kappa shape index (κ1) is 16.2. The predicted octanol–water partition coefficient (Wildman–Crippen LogP) is 1.76. The van der Waals surface area contributed by atoms with Gasteiger partial charge in [-0.05, 0) is 32.1 Å². The number of carbonyl (C=O) groups is 1. The van der Waals surface area contributed by atoms with Crippen molar-refractivity contribution in [3.8, 4) is 0 Å². The molecule has 2 atom stereocenters. The molecule has 2 aliphatic heterocycles. The number of nitrogens with zero attached hydrogens (tertiary/aromatic N) is 1. The molecule has 2 unspecified atom stereocenters. The Labute approximate surface area is 133 Å². The molecule has 6 heteroatoms. The molecule has 3 aliphatic rings. The van der Waals surface area contributed by atoms with Crippen molar-refractivity contribution in [2.24, 2.45) is 5.92 Å². The SMILES string of the molecule is O=C(C1CCCOC1)N(C1CCCCC1)C1CCS(=O)(=O)C1. The summed E-state index contributed by atoms with van der Waals surface area (Å²) in [6.45, 7) is 1.24. The highest BCUT2D eigenvalue weighted by Gasteiger charge is 2.40. The Hall–Kier alpha value is -0.620. The number of amides is 1. The van der Waals surface area contributed by atoms with Crippen LogP contribution in [0.3, 0.4) is 0 Å². The molecule has 3 fully saturated rings. The molecule has 0 aromatic carbocycles. The Morgan fingerprint density at radius 3 is 2.32 bits per heavy atom. The Balaban J connectivity index is 1.77. The first-order valence-corrected chi connectivity index (χ1v) is 10.5. The molecule has 2 saturated heterocycles. The average molecular weight is 329 g/mol. The van der Waals surface area contributed by atoms with Crippen LogP contribution in [0.5, 0.6) is 0 Å². The lowest BCUT2D eigenvalue weighted by molar-refractivity contribution is -0.145. The van der Waals surface area contributed by atoms with Crippen molar-refractivity contribution in [2.45, 2.75) is 63.5 Å². The zero-order valence-electron chi connectivity index (χ0n) is 13.2. The lowest BCUT2D eigenvalue weighted by atomic mass is 9.90. The Morgan fingerprint density at radius 2 is 1.73 bits per heavy atom. The smallest absolute Gasteiger partial charge is 0.228 e. The Kier molecular flexibility index (Phi) is 5.07. The van der Waals surface area contributed by atoms with Gasteiger partial charge in [-0.15, -0.1) is 0 Å². The molecule has 1 amide bonds. The Morgan fingerprint density at radius 1 is 0.955 bits per heavy atom. The lowest BCUT2D eigenvalue weighted by Crippen LogP contribution is -2.52. The first-order valence-electron chi connectivity index (χ1n) is 8.67. The van der Waals surface area contributed by atoms with E-state index in [0.717, 1.165) is 45.1 Å². The highest BCUT2D eigenvalue weighted by molar-refractivity contribution is 7.91. The molecule has 0 radical (unpaired) electrons. The van der Waals surface area contributed by atoms with Gasteiger partial charge in [-0.2, -0.15) is 0 Å². The van der Waals surface area contributed by atoms with Gasteiger partial charge >= 0.3 is 0 Å². The van der Waals surface area contributed by atoms with E-state index in [0.29, 0.717) is 13.0 Å². The van der Waals surface area contributed by atoms with Crippen molar-refractivity contribution in [3.63, 3.8) is 0 Å². The van der Waals surface area contributed by atoms with E-state index >= 15 is 0 Å². The summed E-state index contributed by atoms with van der Waals surface area (Å²) in [5.41, 5.74) is 0. The van der Waals surface area contributed by atoms with E-state index in [-0.39, 0.29) is 35.4 Å². The summed E-state index contributed by atoms with van der Waals surface area (Å²) in [7, 11) is -2.97. The van der Waals surface area contributed by atoms with Gasteiger partial charge in [0.2, 0.25) is 5.91 Å². The van der Waals surface area contributed by atoms with Crippen molar-refractivity contribution in [1.82, 2.24) is 4.90 Å². The fraction of sp³-hybridized carbons (Fsp3) is 0.938. The normalized spacial score (nSPS) is 32.7.